The minimum atomic E-state index is -0.977. The zero-order valence-corrected chi connectivity index (χ0v) is 12.0. The number of hydrogen-bond acceptors (Lipinski definition) is 2. The van der Waals surface area contributed by atoms with E-state index in [4.69, 9.17) is 5.11 Å². The van der Waals surface area contributed by atoms with Crippen molar-refractivity contribution in [1.82, 2.24) is 9.80 Å². The van der Waals surface area contributed by atoms with Crippen molar-refractivity contribution in [3.8, 4) is 0 Å². The number of amides is 2. The molecule has 0 spiro atoms. The van der Waals surface area contributed by atoms with Gasteiger partial charge >= 0.3 is 12.0 Å². The summed E-state index contributed by atoms with van der Waals surface area (Å²) in [7, 11) is 0. The van der Waals surface area contributed by atoms with E-state index in [1.165, 1.54) is 4.90 Å². The van der Waals surface area contributed by atoms with Crippen LogP contribution in [-0.4, -0.2) is 51.1 Å². The van der Waals surface area contributed by atoms with Crippen LogP contribution in [0.1, 0.15) is 47.5 Å². The van der Waals surface area contributed by atoms with Gasteiger partial charge in [0, 0.05) is 17.6 Å². The molecule has 2 amide bonds. The van der Waals surface area contributed by atoms with Crippen molar-refractivity contribution in [3.05, 3.63) is 0 Å². The average Bonchev–Trinajstić information content (AvgIpc) is 2.51. The lowest BCUT2D eigenvalue weighted by molar-refractivity contribution is -0.138. The maximum Gasteiger partial charge on any atom is 0.323 e. The lowest BCUT2D eigenvalue weighted by Crippen LogP contribution is -2.56. The minimum absolute atomic E-state index is 0.174. The first-order chi connectivity index (χ1) is 8.05. The summed E-state index contributed by atoms with van der Waals surface area (Å²) in [6, 6.07) is -0.174. The van der Waals surface area contributed by atoms with Crippen LogP contribution in [0.25, 0.3) is 0 Å². The van der Waals surface area contributed by atoms with Crippen LogP contribution in [0, 0.1) is 0 Å². The molecule has 1 heterocycles. The number of carboxylic acid groups (broad SMARTS) is 1. The molecule has 1 rings (SSSR count). The molecule has 1 aliphatic heterocycles. The first-order valence-electron chi connectivity index (χ1n) is 6.37. The number of urea groups is 1. The summed E-state index contributed by atoms with van der Waals surface area (Å²) in [4.78, 5) is 26.7. The second kappa shape index (κ2) is 4.78. The lowest BCUT2D eigenvalue weighted by Gasteiger charge is -2.41. The molecule has 0 aromatic carbocycles. The van der Waals surface area contributed by atoms with Crippen molar-refractivity contribution in [2.75, 3.05) is 13.1 Å². The van der Waals surface area contributed by atoms with E-state index < -0.39 is 11.5 Å². The van der Waals surface area contributed by atoms with Gasteiger partial charge in [-0.05, 0) is 47.5 Å². The Morgan fingerprint density at radius 2 is 1.89 bits per heavy atom. The second-order valence-electron chi connectivity index (χ2n) is 6.50. The van der Waals surface area contributed by atoms with Crippen LogP contribution in [0.15, 0.2) is 0 Å². The van der Waals surface area contributed by atoms with Crippen molar-refractivity contribution in [2.24, 2.45) is 0 Å². The Morgan fingerprint density at radius 3 is 2.22 bits per heavy atom. The third-order valence-electron chi connectivity index (χ3n) is 3.47. The minimum Gasteiger partial charge on any atom is -0.480 e. The van der Waals surface area contributed by atoms with Crippen molar-refractivity contribution in [3.63, 3.8) is 0 Å². The Hall–Kier alpha value is -1.26. The van der Waals surface area contributed by atoms with Crippen LogP contribution in [-0.2, 0) is 4.79 Å². The SMILES string of the molecule is CC(C)(C)N(CC(=O)O)C(=O)N1CCCC1(C)C. The molecule has 1 N–H and O–H groups in total. The van der Waals surface area contributed by atoms with E-state index >= 15 is 0 Å². The molecule has 104 valence electrons. The number of likely N-dealkylation sites (tertiary alicyclic amines) is 1. The molecule has 0 saturated carbocycles. The van der Waals surface area contributed by atoms with E-state index in [1.54, 1.807) is 4.90 Å². The van der Waals surface area contributed by atoms with E-state index in [0.29, 0.717) is 6.54 Å². The number of carbonyl (C=O) groups is 2. The van der Waals surface area contributed by atoms with Gasteiger partial charge in [0.2, 0.25) is 0 Å². The van der Waals surface area contributed by atoms with Crippen molar-refractivity contribution >= 4 is 12.0 Å². The molecule has 0 aromatic heterocycles. The van der Waals surface area contributed by atoms with Crippen molar-refractivity contribution in [2.45, 2.75) is 58.5 Å². The van der Waals surface area contributed by atoms with Crippen LogP contribution in [0.4, 0.5) is 4.79 Å². The van der Waals surface area contributed by atoms with Gasteiger partial charge < -0.3 is 14.9 Å². The molecular weight excluding hydrogens is 232 g/mol. The molecule has 0 atom stereocenters. The Morgan fingerprint density at radius 1 is 1.33 bits per heavy atom. The Balaban J connectivity index is 2.93. The topological polar surface area (TPSA) is 60.9 Å². The van der Waals surface area contributed by atoms with Gasteiger partial charge in [0.15, 0.2) is 0 Å². The Bertz CT molecular complexity index is 345. The highest BCUT2D eigenvalue weighted by Gasteiger charge is 2.40. The molecule has 0 aromatic rings. The van der Waals surface area contributed by atoms with Gasteiger partial charge in [0.25, 0.3) is 0 Å². The number of rotatable bonds is 2. The second-order valence-corrected chi connectivity index (χ2v) is 6.50. The van der Waals surface area contributed by atoms with E-state index in [9.17, 15) is 9.59 Å². The molecule has 1 saturated heterocycles. The smallest absolute Gasteiger partial charge is 0.323 e. The fourth-order valence-electron chi connectivity index (χ4n) is 2.33. The highest BCUT2D eigenvalue weighted by molar-refractivity contribution is 5.81. The number of carboxylic acids is 1. The van der Waals surface area contributed by atoms with Gasteiger partial charge in [-0.1, -0.05) is 0 Å². The van der Waals surface area contributed by atoms with Crippen LogP contribution < -0.4 is 0 Å². The normalized spacial score (nSPS) is 18.8. The largest absolute Gasteiger partial charge is 0.480 e. The standard InChI is InChI=1S/C13H24N2O3/c1-12(2,3)15(9-10(16)17)11(18)14-8-6-7-13(14,4)5/h6-9H2,1-5H3,(H,16,17). The molecule has 18 heavy (non-hydrogen) atoms. The molecule has 0 bridgehead atoms. The summed E-state index contributed by atoms with van der Waals surface area (Å²) in [5.41, 5.74) is -0.673. The van der Waals surface area contributed by atoms with Gasteiger partial charge in [-0.15, -0.1) is 0 Å². The third-order valence-corrected chi connectivity index (χ3v) is 3.47. The molecule has 5 nitrogen and oxygen atoms in total. The van der Waals surface area contributed by atoms with Crippen LogP contribution in [0.5, 0.6) is 0 Å². The number of nitrogens with zero attached hydrogens (tertiary/aromatic N) is 2. The van der Waals surface area contributed by atoms with Gasteiger partial charge in [0.05, 0.1) is 0 Å². The highest BCUT2D eigenvalue weighted by Crippen LogP contribution is 2.30. The predicted molar refractivity (Wildman–Crippen MR) is 69.5 cm³/mol. The van der Waals surface area contributed by atoms with Crippen molar-refractivity contribution in [1.29, 1.82) is 0 Å². The molecule has 0 aliphatic carbocycles. The number of carbonyl (C=O) groups excluding carboxylic acids is 1. The van der Waals surface area contributed by atoms with Crippen molar-refractivity contribution < 1.29 is 14.7 Å². The summed E-state index contributed by atoms with van der Waals surface area (Å²) in [5.74, 6) is -0.977. The zero-order chi connectivity index (χ0) is 14.1. The fourth-order valence-corrected chi connectivity index (χ4v) is 2.33. The monoisotopic (exact) mass is 256 g/mol. The quantitative estimate of drug-likeness (QED) is 0.823. The van der Waals surface area contributed by atoms with Gasteiger partial charge in [-0.3, -0.25) is 4.79 Å². The lowest BCUT2D eigenvalue weighted by atomic mass is 10.0. The summed E-state index contributed by atoms with van der Waals surface area (Å²) >= 11 is 0. The molecule has 0 unspecified atom stereocenters. The molecule has 1 aliphatic rings. The molecular formula is C13H24N2O3. The first-order valence-corrected chi connectivity index (χ1v) is 6.37. The summed E-state index contributed by atoms with van der Waals surface area (Å²) < 4.78 is 0. The summed E-state index contributed by atoms with van der Waals surface area (Å²) in [6.45, 7) is 10.1. The van der Waals surface area contributed by atoms with E-state index in [1.807, 2.05) is 34.6 Å². The van der Waals surface area contributed by atoms with Gasteiger partial charge in [-0.2, -0.15) is 0 Å². The maximum atomic E-state index is 12.5. The van der Waals surface area contributed by atoms with E-state index in [-0.39, 0.29) is 18.1 Å². The maximum absolute atomic E-state index is 12.5. The first kappa shape index (κ1) is 14.8. The summed E-state index contributed by atoms with van der Waals surface area (Å²) in [6.07, 6.45) is 1.94. The zero-order valence-electron chi connectivity index (χ0n) is 12.0. The molecule has 1 fully saturated rings. The summed E-state index contributed by atoms with van der Waals surface area (Å²) in [5, 5.41) is 8.96. The van der Waals surface area contributed by atoms with Crippen LogP contribution in [0.3, 0.4) is 0 Å². The average molecular weight is 256 g/mol. The Kier molecular flexibility index (Phi) is 3.93. The predicted octanol–water partition coefficient (Wildman–Crippen LogP) is 2.17. The third kappa shape index (κ3) is 3.15. The van der Waals surface area contributed by atoms with E-state index in [2.05, 4.69) is 0 Å². The highest BCUT2D eigenvalue weighted by atomic mass is 16.4. The molecule has 0 radical (unpaired) electrons. The molecule has 5 heteroatoms. The van der Waals surface area contributed by atoms with E-state index in [0.717, 1.165) is 12.8 Å². The van der Waals surface area contributed by atoms with Gasteiger partial charge in [0.1, 0.15) is 6.54 Å². The van der Waals surface area contributed by atoms with Gasteiger partial charge in [-0.25, -0.2) is 4.79 Å². The number of hydrogen-bond donors (Lipinski definition) is 1. The van der Waals surface area contributed by atoms with Crippen LogP contribution >= 0.6 is 0 Å². The fraction of sp³-hybridized carbons (Fsp3) is 0.846. The Labute approximate surface area is 109 Å². The number of aliphatic carboxylic acids is 1. The van der Waals surface area contributed by atoms with Crippen LogP contribution in [0.2, 0.25) is 0 Å².